The lowest BCUT2D eigenvalue weighted by Gasteiger charge is -2.14. The molecule has 0 amide bonds. The Morgan fingerprint density at radius 1 is 0.919 bits per heavy atom. The Morgan fingerprint density at radius 2 is 1.70 bits per heavy atom. The zero-order valence-corrected chi connectivity index (χ0v) is 21.9. The molecule has 4 aromatic heterocycles. The third kappa shape index (κ3) is 4.06. The summed E-state index contributed by atoms with van der Waals surface area (Å²) < 4.78 is 8.23. The lowest BCUT2D eigenvalue weighted by atomic mass is 9.94. The number of rotatable bonds is 7. The van der Waals surface area contributed by atoms with E-state index in [1.54, 1.807) is 11.0 Å². The summed E-state index contributed by atoms with van der Waals surface area (Å²) in [4.78, 5) is 22.2. The zero-order valence-electron chi connectivity index (χ0n) is 21.9. The topological polar surface area (TPSA) is 98.3 Å². The molecule has 4 heterocycles. The molecule has 0 saturated heterocycles. The van der Waals surface area contributed by atoms with Gasteiger partial charge in [-0.25, -0.2) is 19.9 Å². The van der Waals surface area contributed by atoms with Gasteiger partial charge in [-0.1, -0.05) is 52.0 Å². The van der Waals surface area contributed by atoms with Crippen molar-refractivity contribution in [3.8, 4) is 11.1 Å². The molecule has 188 valence electrons. The third-order valence-corrected chi connectivity index (χ3v) is 7.28. The number of benzene rings is 2. The van der Waals surface area contributed by atoms with E-state index in [0.717, 1.165) is 74.5 Å². The Bertz CT molecular complexity index is 1720. The predicted molar refractivity (Wildman–Crippen MR) is 146 cm³/mol. The third-order valence-electron chi connectivity index (χ3n) is 7.28. The average molecular weight is 494 g/mol. The summed E-state index contributed by atoms with van der Waals surface area (Å²) >= 11 is 0. The summed E-state index contributed by atoms with van der Waals surface area (Å²) in [5.74, 6) is 2.52. The molecule has 2 aromatic carbocycles. The molecular formula is C29H31N7O. The number of aryl methyl sites for hydroxylation is 1. The molecule has 1 N–H and O–H groups in total. The molecule has 37 heavy (non-hydrogen) atoms. The van der Waals surface area contributed by atoms with E-state index in [2.05, 4.69) is 72.0 Å². The molecule has 0 spiro atoms. The van der Waals surface area contributed by atoms with E-state index in [4.69, 9.17) is 14.4 Å². The van der Waals surface area contributed by atoms with Gasteiger partial charge in [-0.3, -0.25) is 4.68 Å². The number of para-hydroxylation sites is 2. The lowest BCUT2D eigenvalue weighted by Crippen LogP contribution is -2.03. The van der Waals surface area contributed by atoms with Crippen LogP contribution in [0, 0.1) is 0 Å². The number of nitrogens with one attached hydrogen (secondary N) is 1. The van der Waals surface area contributed by atoms with Crippen molar-refractivity contribution in [1.82, 2.24) is 34.7 Å². The maximum atomic E-state index is 6.44. The van der Waals surface area contributed by atoms with E-state index in [9.17, 15) is 0 Å². The maximum Gasteiger partial charge on any atom is 0.198 e. The van der Waals surface area contributed by atoms with Crippen LogP contribution < -0.4 is 0 Å². The largest absolute Gasteiger partial charge is 0.440 e. The first-order valence-electron chi connectivity index (χ1n) is 12.9. The van der Waals surface area contributed by atoms with Gasteiger partial charge in [-0.2, -0.15) is 5.10 Å². The summed E-state index contributed by atoms with van der Waals surface area (Å²) in [6.45, 7) is 8.68. The number of nitrogens with zero attached hydrogens (tertiary/aromatic N) is 6. The van der Waals surface area contributed by atoms with Crippen molar-refractivity contribution >= 4 is 33.2 Å². The molecule has 6 rings (SSSR count). The minimum atomic E-state index is 0.169. The van der Waals surface area contributed by atoms with Gasteiger partial charge < -0.3 is 9.40 Å². The number of H-pyrrole nitrogens is 1. The molecule has 0 fully saturated rings. The molecule has 8 nitrogen and oxygen atoms in total. The van der Waals surface area contributed by atoms with E-state index >= 15 is 0 Å². The molecule has 0 saturated carbocycles. The second-order valence-electron chi connectivity index (χ2n) is 10.3. The van der Waals surface area contributed by atoms with Gasteiger partial charge >= 0.3 is 0 Å². The number of aromatic amines is 1. The van der Waals surface area contributed by atoms with Gasteiger partial charge in [0.1, 0.15) is 17.7 Å². The van der Waals surface area contributed by atoms with Gasteiger partial charge in [0.25, 0.3) is 0 Å². The van der Waals surface area contributed by atoms with Crippen LogP contribution in [0.25, 0.3) is 44.3 Å². The zero-order chi connectivity index (χ0) is 25.7. The molecule has 0 aliphatic rings. The Balaban J connectivity index is 1.28. The van der Waals surface area contributed by atoms with Crippen LogP contribution in [0.1, 0.15) is 75.7 Å². The van der Waals surface area contributed by atoms with Crippen LogP contribution >= 0.6 is 0 Å². The first kappa shape index (κ1) is 23.3. The quantitative estimate of drug-likeness (QED) is 0.261. The van der Waals surface area contributed by atoms with Crippen molar-refractivity contribution in [2.45, 2.75) is 58.3 Å². The summed E-state index contributed by atoms with van der Waals surface area (Å²) in [7, 11) is 1.91. The van der Waals surface area contributed by atoms with Gasteiger partial charge in [0.15, 0.2) is 17.1 Å². The maximum absolute atomic E-state index is 6.44. The summed E-state index contributed by atoms with van der Waals surface area (Å²) in [6, 6.07) is 12.4. The fourth-order valence-corrected chi connectivity index (χ4v) is 5.06. The molecule has 6 aromatic rings. The normalized spacial score (nSPS) is 13.8. The van der Waals surface area contributed by atoms with E-state index in [1.807, 2.05) is 25.4 Å². The lowest BCUT2D eigenvalue weighted by molar-refractivity contribution is 0.451. The number of oxazole rings is 1. The van der Waals surface area contributed by atoms with Gasteiger partial charge in [0.2, 0.25) is 0 Å². The highest BCUT2D eigenvalue weighted by Crippen LogP contribution is 2.36. The minimum Gasteiger partial charge on any atom is -0.440 e. The Labute approximate surface area is 215 Å². The number of fused-ring (bicyclic) bond motifs is 3. The fraction of sp³-hybridized carbons (Fsp3) is 0.345. The van der Waals surface area contributed by atoms with Crippen LogP contribution in [0.4, 0.5) is 0 Å². The number of hydrogen-bond acceptors (Lipinski definition) is 6. The molecule has 0 radical (unpaired) electrons. The van der Waals surface area contributed by atoms with Crippen molar-refractivity contribution in [2.75, 3.05) is 0 Å². The first-order chi connectivity index (χ1) is 17.9. The van der Waals surface area contributed by atoms with Crippen LogP contribution in [0.3, 0.4) is 0 Å². The van der Waals surface area contributed by atoms with Crippen LogP contribution in [0.5, 0.6) is 0 Å². The highest BCUT2D eigenvalue weighted by molar-refractivity contribution is 6.00. The van der Waals surface area contributed by atoms with Crippen LogP contribution in [0.2, 0.25) is 0 Å². The van der Waals surface area contributed by atoms with Crippen molar-refractivity contribution in [3.63, 3.8) is 0 Å². The van der Waals surface area contributed by atoms with E-state index in [0.29, 0.717) is 5.92 Å². The van der Waals surface area contributed by atoms with E-state index < -0.39 is 0 Å². The Kier molecular flexibility index (Phi) is 5.74. The van der Waals surface area contributed by atoms with Crippen LogP contribution in [-0.4, -0.2) is 34.7 Å². The fourth-order valence-electron chi connectivity index (χ4n) is 5.06. The first-order valence-corrected chi connectivity index (χ1v) is 12.9. The minimum absolute atomic E-state index is 0.169. The second-order valence-corrected chi connectivity index (χ2v) is 10.3. The van der Waals surface area contributed by atoms with E-state index in [-0.39, 0.29) is 11.8 Å². The smallest absolute Gasteiger partial charge is 0.198 e. The monoisotopic (exact) mass is 493 g/mol. The van der Waals surface area contributed by atoms with Crippen LogP contribution in [0.15, 0.2) is 53.3 Å². The van der Waals surface area contributed by atoms with Gasteiger partial charge in [0.05, 0.1) is 28.3 Å². The van der Waals surface area contributed by atoms with Crippen molar-refractivity contribution in [1.29, 1.82) is 0 Å². The van der Waals surface area contributed by atoms with Gasteiger partial charge in [-0.15, -0.1) is 0 Å². The van der Waals surface area contributed by atoms with E-state index in [1.165, 1.54) is 0 Å². The summed E-state index contributed by atoms with van der Waals surface area (Å²) in [5.41, 5.74) is 7.66. The molecule has 0 aliphatic heterocycles. The van der Waals surface area contributed by atoms with Crippen molar-refractivity contribution in [3.05, 3.63) is 66.3 Å². The molecule has 0 aliphatic carbocycles. The summed E-state index contributed by atoms with van der Waals surface area (Å²) in [6.07, 6.45) is 5.38. The number of imidazole rings is 1. The molecular weight excluding hydrogens is 462 g/mol. The average Bonchev–Trinajstić information content (AvgIpc) is 3.63. The molecule has 2 atom stereocenters. The molecule has 0 bridgehead atoms. The number of aromatic nitrogens is 7. The van der Waals surface area contributed by atoms with Gasteiger partial charge in [0, 0.05) is 30.0 Å². The van der Waals surface area contributed by atoms with Gasteiger partial charge in [-0.05, 0) is 30.9 Å². The summed E-state index contributed by atoms with van der Waals surface area (Å²) in [5, 5.41) is 5.37. The molecule has 8 heteroatoms. The van der Waals surface area contributed by atoms with Crippen molar-refractivity contribution < 1.29 is 4.42 Å². The molecule has 2 unspecified atom stereocenters. The van der Waals surface area contributed by atoms with Crippen molar-refractivity contribution in [2.24, 2.45) is 7.05 Å². The highest BCUT2D eigenvalue weighted by atomic mass is 16.3. The second kappa shape index (κ2) is 9.10. The van der Waals surface area contributed by atoms with Crippen LogP contribution in [-0.2, 0) is 7.05 Å². The Hall–Kier alpha value is -4.07. The SMILES string of the molecule is CC(C)c1nc2c(-c3cccc4nc(C(C)CCC(C)c5ncnc6c5cnn6C)oc34)cccc2[nH]1. The number of hydrogen-bond donors (Lipinski definition) is 1. The predicted octanol–water partition coefficient (Wildman–Crippen LogP) is 6.86. The Morgan fingerprint density at radius 3 is 2.54 bits per heavy atom. The standard InChI is InChI=1S/C29H31N7O/c1-16(2)27-33-22-10-6-8-19(25(22)35-27)20-9-7-11-23-26(20)37-29(34-23)18(4)13-12-17(3)24-21-14-32-36(5)28(21)31-15-30-24/h6-11,14-18H,12-13H2,1-5H3,(H,33,35). The highest BCUT2D eigenvalue weighted by Gasteiger charge is 2.21.